The van der Waals surface area contributed by atoms with E-state index in [-0.39, 0.29) is 30.7 Å². The summed E-state index contributed by atoms with van der Waals surface area (Å²) in [7, 11) is 3.35. The van der Waals surface area contributed by atoms with Gasteiger partial charge in [-0.05, 0) is 37.1 Å². The molecule has 7 nitrogen and oxygen atoms in total. The standard InChI is InChI=1S/C19H28ClN3O4/c1-4-23(11-18(24)25)16-9-15(10-16)21-19(26)22(2)17(12-27-3)13-5-7-14(20)8-6-13/h5-8,15-17H,4,9-12H2,1-3H3,(H,21,26)(H,24,25). The number of hydrogen-bond donors (Lipinski definition) is 2. The number of carbonyl (C=O) groups is 2. The SMILES string of the molecule is CCN(CC(=O)O)C1CC(NC(=O)N(C)C(COC)c2ccc(Cl)cc2)C1. The normalized spacial score (nSPS) is 20.0. The molecule has 8 heteroatoms. The Morgan fingerprint density at radius 1 is 1.33 bits per heavy atom. The predicted molar refractivity (Wildman–Crippen MR) is 104 cm³/mol. The van der Waals surface area contributed by atoms with E-state index in [1.165, 1.54) is 0 Å². The number of nitrogens with one attached hydrogen (secondary N) is 1. The van der Waals surface area contributed by atoms with Gasteiger partial charge in [0.25, 0.3) is 0 Å². The second kappa shape index (κ2) is 9.92. The van der Waals surface area contributed by atoms with Gasteiger partial charge in [-0.2, -0.15) is 0 Å². The van der Waals surface area contributed by atoms with Gasteiger partial charge in [-0.1, -0.05) is 30.7 Å². The molecule has 0 spiro atoms. The molecule has 1 aromatic carbocycles. The second-order valence-electron chi connectivity index (χ2n) is 6.86. The second-order valence-corrected chi connectivity index (χ2v) is 7.30. The number of urea groups is 1. The van der Waals surface area contributed by atoms with Gasteiger partial charge in [0.2, 0.25) is 0 Å². The van der Waals surface area contributed by atoms with Crippen LogP contribution in [0.4, 0.5) is 4.79 Å². The predicted octanol–water partition coefficient (Wildman–Crippen LogP) is 2.61. The van der Waals surface area contributed by atoms with Crippen molar-refractivity contribution >= 4 is 23.6 Å². The van der Waals surface area contributed by atoms with E-state index in [1.54, 1.807) is 31.2 Å². The summed E-state index contributed by atoms with van der Waals surface area (Å²) in [4.78, 5) is 27.1. The van der Waals surface area contributed by atoms with E-state index >= 15 is 0 Å². The zero-order valence-electron chi connectivity index (χ0n) is 16.0. The molecule has 27 heavy (non-hydrogen) atoms. The number of rotatable bonds is 9. The third kappa shape index (κ3) is 5.82. The highest BCUT2D eigenvalue weighted by Crippen LogP contribution is 2.27. The minimum Gasteiger partial charge on any atom is -0.480 e. The summed E-state index contributed by atoms with van der Waals surface area (Å²) in [5, 5.41) is 12.6. The molecule has 1 unspecified atom stereocenters. The number of benzene rings is 1. The van der Waals surface area contributed by atoms with E-state index in [0.29, 0.717) is 18.2 Å². The van der Waals surface area contributed by atoms with Gasteiger partial charge < -0.3 is 20.1 Å². The molecule has 0 aromatic heterocycles. The van der Waals surface area contributed by atoms with Crippen molar-refractivity contribution in [2.75, 3.05) is 33.9 Å². The van der Waals surface area contributed by atoms with E-state index < -0.39 is 5.97 Å². The van der Waals surface area contributed by atoms with Crippen molar-refractivity contribution in [2.45, 2.75) is 37.9 Å². The smallest absolute Gasteiger partial charge is 0.317 e. The van der Waals surface area contributed by atoms with E-state index in [4.69, 9.17) is 21.4 Å². The highest BCUT2D eigenvalue weighted by Gasteiger charge is 2.35. The number of likely N-dealkylation sites (N-methyl/N-ethyl adjacent to an activating group) is 2. The molecule has 1 aliphatic rings. The molecule has 0 saturated heterocycles. The largest absolute Gasteiger partial charge is 0.480 e. The average Bonchev–Trinajstić information content (AvgIpc) is 2.60. The van der Waals surface area contributed by atoms with Crippen LogP contribution in [0.1, 0.15) is 31.4 Å². The fourth-order valence-corrected chi connectivity index (χ4v) is 3.50. The fourth-order valence-electron chi connectivity index (χ4n) is 3.37. The summed E-state index contributed by atoms with van der Waals surface area (Å²) in [5.74, 6) is -0.825. The van der Waals surface area contributed by atoms with Gasteiger partial charge in [-0.3, -0.25) is 9.69 Å². The Morgan fingerprint density at radius 3 is 2.48 bits per heavy atom. The van der Waals surface area contributed by atoms with E-state index in [1.807, 2.05) is 24.0 Å². The molecule has 0 bridgehead atoms. The fraction of sp³-hybridized carbons (Fsp3) is 0.579. The van der Waals surface area contributed by atoms with Crippen LogP contribution >= 0.6 is 11.6 Å². The molecule has 2 amide bonds. The van der Waals surface area contributed by atoms with Crippen LogP contribution in [0.2, 0.25) is 5.02 Å². The lowest BCUT2D eigenvalue weighted by Gasteiger charge is -2.43. The minimum absolute atomic E-state index is 0.0359. The molecule has 1 fully saturated rings. The molecule has 0 radical (unpaired) electrons. The Labute approximate surface area is 165 Å². The topological polar surface area (TPSA) is 82.1 Å². The van der Waals surface area contributed by atoms with Crippen molar-refractivity contribution in [1.29, 1.82) is 0 Å². The maximum atomic E-state index is 12.7. The van der Waals surface area contributed by atoms with Crippen molar-refractivity contribution < 1.29 is 19.4 Å². The Kier molecular flexibility index (Phi) is 7.89. The quantitative estimate of drug-likeness (QED) is 0.669. The first-order valence-corrected chi connectivity index (χ1v) is 9.47. The Morgan fingerprint density at radius 2 is 1.96 bits per heavy atom. The zero-order valence-corrected chi connectivity index (χ0v) is 16.8. The monoisotopic (exact) mass is 397 g/mol. The van der Waals surface area contributed by atoms with E-state index in [0.717, 1.165) is 18.4 Å². The number of methoxy groups -OCH3 is 1. The lowest BCUT2D eigenvalue weighted by atomic mass is 9.85. The number of aliphatic carboxylic acids is 1. The summed E-state index contributed by atoms with van der Waals surface area (Å²) in [6, 6.07) is 7.24. The molecule has 0 aliphatic heterocycles. The van der Waals surface area contributed by atoms with Gasteiger partial charge in [0.15, 0.2) is 0 Å². The van der Waals surface area contributed by atoms with Crippen LogP contribution in [0, 0.1) is 0 Å². The third-order valence-electron chi connectivity index (χ3n) is 5.07. The highest BCUT2D eigenvalue weighted by molar-refractivity contribution is 6.30. The molecule has 2 N–H and O–H groups in total. The number of carbonyl (C=O) groups excluding carboxylic acids is 1. The minimum atomic E-state index is -0.825. The highest BCUT2D eigenvalue weighted by atomic mass is 35.5. The molecule has 1 aliphatic carbocycles. The third-order valence-corrected chi connectivity index (χ3v) is 5.32. The van der Waals surface area contributed by atoms with Crippen molar-refractivity contribution in [3.05, 3.63) is 34.9 Å². The van der Waals surface area contributed by atoms with Crippen LogP contribution in [-0.2, 0) is 9.53 Å². The molecule has 1 atom stereocenters. The van der Waals surface area contributed by atoms with Crippen LogP contribution in [0.3, 0.4) is 0 Å². The van der Waals surface area contributed by atoms with Gasteiger partial charge in [0, 0.05) is 31.3 Å². The molecular formula is C19H28ClN3O4. The number of carboxylic acids is 1. The summed E-state index contributed by atoms with van der Waals surface area (Å²) in [6.07, 6.45) is 1.52. The van der Waals surface area contributed by atoms with Crippen molar-refractivity contribution in [3.63, 3.8) is 0 Å². The molecular weight excluding hydrogens is 370 g/mol. The van der Waals surface area contributed by atoms with Gasteiger partial charge >= 0.3 is 12.0 Å². The van der Waals surface area contributed by atoms with Gasteiger partial charge in [0.1, 0.15) is 0 Å². The van der Waals surface area contributed by atoms with Crippen LogP contribution in [0.15, 0.2) is 24.3 Å². The van der Waals surface area contributed by atoms with Crippen molar-refractivity contribution in [3.8, 4) is 0 Å². The molecule has 150 valence electrons. The van der Waals surface area contributed by atoms with Crippen molar-refractivity contribution in [1.82, 2.24) is 15.1 Å². The van der Waals surface area contributed by atoms with Crippen molar-refractivity contribution in [2.24, 2.45) is 0 Å². The first-order valence-electron chi connectivity index (χ1n) is 9.09. The number of halogens is 1. The van der Waals surface area contributed by atoms with Crippen LogP contribution in [-0.4, -0.2) is 72.8 Å². The maximum absolute atomic E-state index is 12.7. The molecule has 2 rings (SSSR count). The van der Waals surface area contributed by atoms with E-state index in [2.05, 4.69) is 5.32 Å². The number of hydrogen-bond acceptors (Lipinski definition) is 4. The number of nitrogens with zero attached hydrogens (tertiary/aromatic N) is 2. The average molecular weight is 398 g/mol. The molecule has 1 aromatic rings. The molecule has 0 heterocycles. The van der Waals surface area contributed by atoms with Crippen LogP contribution in [0.5, 0.6) is 0 Å². The van der Waals surface area contributed by atoms with Crippen LogP contribution < -0.4 is 5.32 Å². The first kappa shape index (κ1) is 21.5. The molecule has 1 saturated carbocycles. The Bertz CT molecular complexity index is 634. The lowest BCUT2D eigenvalue weighted by Crippen LogP contribution is -2.56. The van der Waals surface area contributed by atoms with Gasteiger partial charge in [-0.15, -0.1) is 0 Å². The van der Waals surface area contributed by atoms with Gasteiger partial charge in [0.05, 0.1) is 19.2 Å². The lowest BCUT2D eigenvalue weighted by molar-refractivity contribution is -0.139. The maximum Gasteiger partial charge on any atom is 0.317 e. The number of ether oxygens (including phenoxy) is 1. The summed E-state index contributed by atoms with van der Waals surface area (Å²) >= 11 is 5.95. The van der Waals surface area contributed by atoms with Gasteiger partial charge in [-0.25, -0.2) is 4.79 Å². The Balaban J connectivity index is 1.90. The summed E-state index contributed by atoms with van der Waals surface area (Å²) in [6.45, 7) is 3.05. The first-order chi connectivity index (χ1) is 12.8. The van der Waals surface area contributed by atoms with E-state index in [9.17, 15) is 9.59 Å². The Hall–Kier alpha value is -1.83. The van der Waals surface area contributed by atoms with Crippen LogP contribution in [0.25, 0.3) is 0 Å². The summed E-state index contributed by atoms with van der Waals surface area (Å²) < 4.78 is 5.29. The number of amides is 2. The zero-order chi connectivity index (χ0) is 20.0. The summed E-state index contributed by atoms with van der Waals surface area (Å²) in [5.41, 5.74) is 0.948. The number of carboxylic acid groups (broad SMARTS) is 1.